The van der Waals surface area contributed by atoms with Gasteiger partial charge in [0.25, 0.3) is 5.91 Å². The van der Waals surface area contributed by atoms with Crippen LogP contribution in [-0.4, -0.2) is 5.91 Å². The number of nitrogens with one attached hydrogen (secondary N) is 1. The van der Waals surface area contributed by atoms with Gasteiger partial charge in [0.15, 0.2) is 0 Å². The summed E-state index contributed by atoms with van der Waals surface area (Å²) in [6, 6.07) is 10.2. The Labute approximate surface area is 121 Å². The summed E-state index contributed by atoms with van der Waals surface area (Å²) in [5, 5.41) is 0. The molecule has 2 aromatic rings. The predicted octanol–water partition coefficient (Wildman–Crippen LogP) is 3.26. The third kappa shape index (κ3) is 3.59. The maximum Gasteiger partial charge on any atom is 0.275 e. The smallest absolute Gasteiger partial charge is 0.275 e. The van der Waals surface area contributed by atoms with E-state index in [9.17, 15) is 4.79 Å². The van der Waals surface area contributed by atoms with Crippen LogP contribution in [-0.2, 0) is 5.75 Å². The Balaban J connectivity index is 2.02. The van der Waals surface area contributed by atoms with Gasteiger partial charge in [0.05, 0.1) is 4.88 Å². The van der Waals surface area contributed by atoms with E-state index in [2.05, 4.69) is 37.5 Å². The molecule has 0 unspecified atom stereocenters. The lowest BCUT2D eigenvalue weighted by Gasteiger charge is -2.05. The number of carbonyl (C=O) groups is 1. The molecule has 2 rings (SSSR count). The fourth-order valence-electron chi connectivity index (χ4n) is 1.76. The fraction of sp³-hybridized carbons (Fsp3) is 0.214. The minimum absolute atomic E-state index is 0.229. The molecule has 1 amide bonds. The van der Waals surface area contributed by atoms with Crippen LogP contribution < -0.4 is 11.3 Å². The van der Waals surface area contributed by atoms with E-state index in [1.807, 2.05) is 12.1 Å². The molecule has 0 radical (unpaired) electrons. The van der Waals surface area contributed by atoms with Gasteiger partial charge in [0.1, 0.15) is 0 Å². The van der Waals surface area contributed by atoms with E-state index in [1.165, 1.54) is 32.2 Å². The van der Waals surface area contributed by atoms with Crippen molar-refractivity contribution in [3.8, 4) is 0 Å². The van der Waals surface area contributed by atoms with Crippen LogP contribution in [0.1, 0.15) is 25.7 Å². The molecule has 3 nitrogen and oxygen atoms in total. The molecule has 0 aliphatic carbocycles. The molecule has 0 bridgehead atoms. The standard InChI is InChI=1S/C14H16N2OS2/c1-9-3-5-12(10(2)7-9)18-8-11-4-6-13(19-11)14(17)16-15/h3-7H,8,15H2,1-2H3,(H,16,17). The molecule has 0 saturated carbocycles. The van der Waals surface area contributed by atoms with Crippen molar-refractivity contribution in [3.05, 3.63) is 51.2 Å². The van der Waals surface area contributed by atoms with Gasteiger partial charge in [-0.05, 0) is 37.6 Å². The molecular formula is C14H16N2OS2. The first-order chi connectivity index (χ1) is 9.10. The monoisotopic (exact) mass is 292 g/mol. The number of aryl methyl sites for hydroxylation is 2. The third-order valence-electron chi connectivity index (χ3n) is 2.72. The largest absolute Gasteiger partial charge is 0.289 e. The van der Waals surface area contributed by atoms with Crippen LogP contribution in [0.15, 0.2) is 35.2 Å². The highest BCUT2D eigenvalue weighted by Crippen LogP contribution is 2.29. The fourth-order valence-corrected chi connectivity index (χ4v) is 3.72. The molecule has 0 fully saturated rings. The molecule has 1 aromatic heterocycles. The Morgan fingerprint density at radius 2 is 2.11 bits per heavy atom. The van der Waals surface area contributed by atoms with Gasteiger partial charge < -0.3 is 0 Å². The van der Waals surface area contributed by atoms with E-state index >= 15 is 0 Å². The first kappa shape index (κ1) is 14.1. The van der Waals surface area contributed by atoms with Gasteiger partial charge >= 0.3 is 0 Å². The summed E-state index contributed by atoms with van der Waals surface area (Å²) in [7, 11) is 0. The Bertz CT molecular complexity index is 593. The number of carbonyl (C=O) groups excluding carboxylic acids is 1. The van der Waals surface area contributed by atoms with Gasteiger partial charge in [0, 0.05) is 15.5 Å². The molecule has 100 valence electrons. The van der Waals surface area contributed by atoms with Crippen molar-refractivity contribution < 1.29 is 4.79 Å². The first-order valence-corrected chi connectivity index (χ1v) is 7.70. The number of nitrogens with two attached hydrogens (primary N) is 1. The molecule has 0 atom stereocenters. The second-order valence-electron chi connectivity index (χ2n) is 4.30. The van der Waals surface area contributed by atoms with Crippen LogP contribution in [0.5, 0.6) is 0 Å². The summed E-state index contributed by atoms with van der Waals surface area (Å²) in [6.07, 6.45) is 0. The molecular weight excluding hydrogens is 276 g/mol. The summed E-state index contributed by atoms with van der Waals surface area (Å²) in [6.45, 7) is 4.22. The maximum atomic E-state index is 11.4. The summed E-state index contributed by atoms with van der Waals surface area (Å²) >= 11 is 3.27. The van der Waals surface area contributed by atoms with E-state index in [0.29, 0.717) is 4.88 Å². The third-order valence-corrected chi connectivity index (χ3v) is 5.21. The molecule has 1 heterocycles. The number of amides is 1. The van der Waals surface area contributed by atoms with Crippen LogP contribution in [0.3, 0.4) is 0 Å². The normalized spacial score (nSPS) is 10.5. The number of thiophene rings is 1. The van der Waals surface area contributed by atoms with Crippen LogP contribution >= 0.6 is 23.1 Å². The second-order valence-corrected chi connectivity index (χ2v) is 6.48. The highest BCUT2D eigenvalue weighted by atomic mass is 32.2. The van der Waals surface area contributed by atoms with E-state index in [4.69, 9.17) is 5.84 Å². The summed E-state index contributed by atoms with van der Waals surface area (Å²) in [4.78, 5) is 14.5. The first-order valence-electron chi connectivity index (χ1n) is 5.90. The second kappa shape index (κ2) is 6.23. The number of hydrogen-bond donors (Lipinski definition) is 2. The summed E-state index contributed by atoms with van der Waals surface area (Å²) in [5.74, 6) is 5.75. The minimum Gasteiger partial charge on any atom is -0.289 e. The van der Waals surface area contributed by atoms with Crippen molar-refractivity contribution in [2.45, 2.75) is 24.5 Å². The molecule has 3 N–H and O–H groups in total. The van der Waals surface area contributed by atoms with Gasteiger partial charge in [-0.15, -0.1) is 23.1 Å². The van der Waals surface area contributed by atoms with Crippen LogP contribution in [0.4, 0.5) is 0 Å². The van der Waals surface area contributed by atoms with Crippen molar-refractivity contribution in [1.82, 2.24) is 5.43 Å². The number of thioether (sulfide) groups is 1. The average molecular weight is 292 g/mol. The molecule has 1 aromatic carbocycles. The predicted molar refractivity (Wildman–Crippen MR) is 81.4 cm³/mol. The molecule has 0 aliphatic heterocycles. The van der Waals surface area contributed by atoms with Crippen molar-refractivity contribution in [2.75, 3.05) is 0 Å². The lowest BCUT2D eigenvalue weighted by atomic mass is 10.2. The van der Waals surface area contributed by atoms with Gasteiger partial charge in [-0.1, -0.05) is 17.7 Å². The zero-order chi connectivity index (χ0) is 13.8. The zero-order valence-corrected chi connectivity index (χ0v) is 12.5. The van der Waals surface area contributed by atoms with Gasteiger partial charge in [-0.2, -0.15) is 0 Å². The lowest BCUT2D eigenvalue weighted by molar-refractivity contribution is 0.0957. The maximum absolute atomic E-state index is 11.4. The zero-order valence-electron chi connectivity index (χ0n) is 10.9. The number of hydrazine groups is 1. The number of nitrogen functional groups attached to an aromatic ring is 1. The van der Waals surface area contributed by atoms with Crippen LogP contribution in [0.2, 0.25) is 0 Å². The molecule has 5 heteroatoms. The topological polar surface area (TPSA) is 55.1 Å². The Morgan fingerprint density at radius 3 is 2.79 bits per heavy atom. The van der Waals surface area contributed by atoms with Crippen LogP contribution in [0.25, 0.3) is 0 Å². The number of hydrogen-bond acceptors (Lipinski definition) is 4. The van der Waals surface area contributed by atoms with E-state index in [1.54, 1.807) is 11.8 Å². The summed E-state index contributed by atoms with van der Waals surface area (Å²) in [5.41, 5.74) is 4.72. The van der Waals surface area contributed by atoms with E-state index in [-0.39, 0.29) is 5.91 Å². The number of rotatable bonds is 4. The van der Waals surface area contributed by atoms with E-state index < -0.39 is 0 Å². The van der Waals surface area contributed by atoms with Gasteiger partial charge in [0.2, 0.25) is 0 Å². The summed E-state index contributed by atoms with van der Waals surface area (Å²) < 4.78 is 0. The van der Waals surface area contributed by atoms with Crippen molar-refractivity contribution in [1.29, 1.82) is 0 Å². The molecule has 0 aliphatic rings. The molecule has 0 saturated heterocycles. The van der Waals surface area contributed by atoms with Crippen molar-refractivity contribution in [3.63, 3.8) is 0 Å². The minimum atomic E-state index is -0.229. The Kier molecular flexibility index (Phi) is 4.63. The quantitative estimate of drug-likeness (QED) is 0.393. The van der Waals surface area contributed by atoms with Gasteiger partial charge in [-0.3, -0.25) is 10.2 Å². The average Bonchev–Trinajstić information content (AvgIpc) is 2.85. The van der Waals surface area contributed by atoms with Crippen molar-refractivity contribution >= 4 is 29.0 Å². The van der Waals surface area contributed by atoms with Gasteiger partial charge in [-0.25, -0.2) is 5.84 Å². The SMILES string of the molecule is Cc1ccc(SCc2ccc(C(=O)NN)s2)c(C)c1. The Morgan fingerprint density at radius 1 is 1.32 bits per heavy atom. The van der Waals surface area contributed by atoms with Crippen molar-refractivity contribution in [2.24, 2.45) is 5.84 Å². The Hall–Kier alpha value is -1.30. The highest BCUT2D eigenvalue weighted by Gasteiger charge is 2.08. The highest BCUT2D eigenvalue weighted by molar-refractivity contribution is 7.98. The lowest BCUT2D eigenvalue weighted by Crippen LogP contribution is -2.29. The number of benzene rings is 1. The molecule has 0 spiro atoms. The van der Waals surface area contributed by atoms with E-state index in [0.717, 1.165) is 5.75 Å². The van der Waals surface area contributed by atoms with Crippen LogP contribution in [0, 0.1) is 13.8 Å². The molecule has 19 heavy (non-hydrogen) atoms.